The monoisotopic (exact) mass is 474 g/mol. The van der Waals surface area contributed by atoms with E-state index in [-0.39, 0.29) is 10.8 Å². The summed E-state index contributed by atoms with van der Waals surface area (Å²) in [7, 11) is -2.53. The lowest BCUT2D eigenvalue weighted by molar-refractivity contribution is -0.112. The Kier molecular flexibility index (Phi) is 10.9. The lowest BCUT2D eigenvalue weighted by Crippen LogP contribution is -2.66. The molecule has 2 aromatic rings. The fourth-order valence-electron chi connectivity index (χ4n) is 4.47. The molecule has 0 bridgehead atoms. The lowest BCUT2D eigenvalue weighted by Gasteiger charge is -2.43. The summed E-state index contributed by atoms with van der Waals surface area (Å²) in [6, 6.07) is 21.6. The van der Waals surface area contributed by atoms with E-state index in [1.165, 1.54) is 21.5 Å². The number of ketones is 1. The predicted octanol–water partition coefficient (Wildman–Crippen LogP) is 7.16. The Morgan fingerprint density at radius 3 is 1.94 bits per heavy atom. The molecule has 0 spiro atoms. The standard InChI is InChI=1S/C31H42O2Si/c1-7-28(24-26(2)18-12-8-9-13-19-27(3)32)25-33-34(31(4,5)6,29-20-14-10-15-21-29)30-22-16-11-17-23-30/h7,10-11,13-17,19-24H,8-9,12,18,25H2,1-6H3/b19-13+,26-24+,28-7-. The van der Waals surface area contributed by atoms with E-state index in [1.54, 1.807) is 13.0 Å². The zero-order chi connectivity index (χ0) is 25.0. The van der Waals surface area contributed by atoms with Crippen LogP contribution in [0.1, 0.15) is 67.2 Å². The molecule has 0 saturated carbocycles. The average molecular weight is 475 g/mol. The van der Waals surface area contributed by atoms with Gasteiger partial charge in [-0.05, 0) is 73.5 Å². The van der Waals surface area contributed by atoms with E-state index in [0.717, 1.165) is 25.7 Å². The fraction of sp³-hybridized carbons (Fsp3) is 0.387. The molecule has 3 heteroatoms. The van der Waals surface area contributed by atoms with Crippen LogP contribution in [-0.4, -0.2) is 20.7 Å². The molecule has 0 atom stereocenters. The molecule has 2 rings (SSSR count). The van der Waals surface area contributed by atoms with Gasteiger partial charge in [0, 0.05) is 0 Å². The minimum atomic E-state index is -2.53. The normalized spacial score (nSPS) is 13.5. The van der Waals surface area contributed by atoms with Crippen molar-refractivity contribution in [3.8, 4) is 0 Å². The largest absolute Gasteiger partial charge is 0.403 e. The van der Waals surface area contributed by atoms with Crippen molar-refractivity contribution in [3.63, 3.8) is 0 Å². The SMILES string of the molecule is C/C=C(/C=C(\C)CCCC/C=C/C(C)=O)CO[Si](c1ccccc1)(c1ccccc1)C(C)(C)C. The highest BCUT2D eigenvalue weighted by Crippen LogP contribution is 2.37. The van der Waals surface area contributed by atoms with Crippen molar-refractivity contribution >= 4 is 24.5 Å². The average Bonchev–Trinajstić information content (AvgIpc) is 2.81. The van der Waals surface area contributed by atoms with Gasteiger partial charge in [-0.2, -0.15) is 0 Å². The topological polar surface area (TPSA) is 26.3 Å². The van der Waals surface area contributed by atoms with Crippen molar-refractivity contribution in [1.82, 2.24) is 0 Å². The molecule has 2 aromatic carbocycles. The minimum Gasteiger partial charge on any atom is -0.403 e. The molecule has 182 valence electrons. The number of allylic oxidation sites excluding steroid dienone is 4. The molecule has 34 heavy (non-hydrogen) atoms. The Hall–Kier alpha value is -2.49. The zero-order valence-electron chi connectivity index (χ0n) is 21.9. The van der Waals surface area contributed by atoms with Crippen molar-refractivity contribution < 1.29 is 9.22 Å². The second-order valence-corrected chi connectivity index (χ2v) is 14.4. The number of hydrogen-bond acceptors (Lipinski definition) is 2. The van der Waals surface area contributed by atoms with Crippen molar-refractivity contribution in [3.05, 3.63) is 96.1 Å². The van der Waals surface area contributed by atoms with Crippen LogP contribution in [0.25, 0.3) is 0 Å². The molecule has 2 nitrogen and oxygen atoms in total. The highest BCUT2D eigenvalue weighted by atomic mass is 28.4. The number of hydrogen-bond donors (Lipinski definition) is 0. The molecule has 0 unspecified atom stereocenters. The first-order valence-electron chi connectivity index (χ1n) is 12.4. The van der Waals surface area contributed by atoms with Gasteiger partial charge in [0.1, 0.15) is 0 Å². The van der Waals surface area contributed by atoms with E-state index in [1.807, 2.05) is 6.08 Å². The van der Waals surface area contributed by atoms with Gasteiger partial charge >= 0.3 is 0 Å². The number of unbranched alkanes of at least 4 members (excludes halogenated alkanes) is 2. The van der Waals surface area contributed by atoms with Crippen LogP contribution in [0.3, 0.4) is 0 Å². The third-order valence-corrected chi connectivity index (χ3v) is 11.2. The third-order valence-electron chi connectivity index (χ3n) is 6.22. The van der Waals surface area contributed by atoms with Crippen molar-refractivity contribution in [2.24, 2.45) is 0 Å². The number of carbonyl (C=O) groups excluding carboxylic acids is 1. The summed E-state index contributed by atoms with van der Waals surface area (Å²) in [4.78, 5) is 11.0. The minimum absolute atomic E-state index is 0.0271. The van der Waals surface area contributed by atoms with Gasteiger partial charge in [-0.1, -0.05) is 105 Å². The van der Waals surface area contributed by atoms with E-state index in [2.05, 4.69) is 107 Å². The molecule has 0 amide bonds. The van der Waals surface area contributed by atoms with Gasteiger partial charge in [0.25, 0.3) is 8.32 Å². The maximum Gasteiger partial charge on any atom is 0.261 e. The van der Waals surface area contributed by atoms with Crippen LogP contribution in [0.15, 0.2) is 96.1 Å². The smallest absolute Gasteiger partial charge is 0.261 e. The van der Waals surface area contributed by atoms with E-state index >= 15 is 0 Å². The van der Waals surface area contributed by atoms with Gasteiger partial charge in [0.2, 0.25) is 0 Å². The fourth-order valence-corrected chi connectivity index (χ4v) is 9.00. The van der Waals surface area contributed by atoms with Gasteiger partial charge in [0.15, 0.2) is 5.78 Å². The Morgan fingerprint density at radius 1 is 0.912 bits per heavy atom. The molecule has 0 aliphatic carbocycles. The zero-order valence-corrected chi connectivity index (χ0v) is 22.9. The van der Waals surface area contributed by atoms with Crippen LogP contribution >= 0.6 is 0 Å². The number of benzene rings is 2. The van der Waals surface area contributed by atoms with E-state index < -0.39 is 8.32 Å². The van der Waals surface area contributed by atoms with Crippen LogP contribution in [0.2, 0.25) is 5.04 Å². The van der Waals surface area contributed by atoms with Gasteiger partial charge in [0.05, 0.1) is 6.61 Å². The van der Waals surface area contributed by atoms with E-state index in [0.29, 0.717) is 6.61 Å². The van der Waals surface area contributed by atoms with Crippen molar-refractivity contribution in [2.45, 2.75) is 72.3 Å². The Balaban J connectivity index is 2.20. The van der Waals surface area contributed by atoms with Gasteiger partial charge < -0.3 is 4.43 Å². The van der Waals surface area contributed by atoms with Gasteiger partial charge in [-0.15, -0.1) is 0 Å². The molecular formula is C31H42O2Si. The molecule has 0 aromatic heterocycles. The molecule has 0 radical (unpaired) electrons. The lowest BCUT2D eigenvalue weighted by atomic mass is 10.1. The Morgan fingerprint density at radius 2 is 1.47 bits per heavy atom. The first-order valence-corrected chi connectivity index (χ1v) is 14.4. The summed E-state index contributed by atoms with van der Waals surface area (Å²) in [6.07, 6.45) is 12.4. The molecule has 0 fully saturated rings. The molecule has 0 heterocycles. The molecule has 0 N–H and O–H groups in total. The quantitative estimate of drug-likeness (QED) is 0.141. The van der Waals surface area contributed by atoms with Crippen LogP contribution in [0.5, 0.6) is 0 Å². The highest BCUT2D eigenvalue weighted by Gasteiger charge is 2.50. The van der Waals surface area contributed by atoms with Crippen LogP contribution in [0, 0.1) is 0 Å². The van der Waals surface area contributed by atoms with Crippen LogP contribution in [0.4, 0.5) is 0 Å². The van der Waals surface area contributed by atoms with Crippen molar-refractivity contribution in [2.75, 3.05) is 6.61 Å². The number of rotatable bonds is 12. The Labute approximate surface area is 208 Å². The second kappa shape index (κ2) is 13.4. The first kappa shape index (κ1) is 27.7. The third kappa shape index (κ3) is 7.78. The summed E-state index contributed by atoms with van der Waals surface area (Å²) in [5, 5.41) is 2.59. The summed E-state index contributed by atoms with van der Waals surface area (Å²) in [5.74, 6) is 0.120. The maximum atomic E-state index is 11.0. The van der Waals surface area contributed by atoms with Crippen molar-refractivity contribution in [1.29, 1.82) is 0 Å². The molecule has 0 aliphatic heterocycles. The summed E-state index contributed by atoms with van der Waals surface area (Å²) in [5.41, 5.74) is 2.59. The highest BCUT2D eigenvalue weighted by molar-refractivity contribution is 6.99. The van der Waals surface area contributed by atoms with E-state index in [4.69, 9.17) is 4.43 Å². The van der Waals surface area contributed by atoms with E-state index in [9.17, 15) is 4.79 Å². The summed E-state index contributed by atoms with van der Waals surface area (Å²) >= 11 is 0. The van der Waals surface area contributed by atoms with Crippen LogP contribution < -0.4 is 10.4 Å². The maximum absolute atomic E-state index is 11.0. The van der Waals surface area contributed by atoms with Crippen LogP contribution in [-0.2, 0) is 9.22 Å². The Bertz CT molecular complexity index is 940. The molecular weight excluding hydrogens is 432 g/mol. The van der Waals surface area contributed by atoms with Gasteiger partial charge in [-0.3, -0.25) is 4.79 Å². The first-order chi connectivity index (χ1) is 16.2. The number of carbonyl (C=O) groups is 1. The second-order valence-electron chi connectivity index (χ2n) is 10.1. The summed E-state index contributed by atoms with van der Waals surface area (Å²) in [6.45, 7) is 13.4. The summed E-state index contributed by atoms with van der Waals surface area (Å²) < 4.78 is 7.09. The van der Waals surface area contributed by atoms with Gasteiger partial charge in [-0.25, -0.2) is 0 Å². The molecule has 0 saturated heterocycles. The predicted molar refractivity (Wildman–Crippen MR) is 149 cm³/mol. The molecule has 0 aliphatic rings.